The lowest BCUT2D eigenvalue weighted by Crippen LogP contribution is -2.00. The Hall–Kier alpha value is -1.28. The highest BCUT2D eigenvalue weighted by Crippen LogP contribution is 2.17. The molecule has 1 heterocycles. The van der Waals surface area contributed by atoms with Crippen LogP contribution in [0.15, 0.2) is 30.3 Å². The van der Waals surface area contributed by atoms with Gasteiger partial charge in [0.2, 0.25) is 0 Å². The first-order chi connectivity index (χ1) is 6.68. The Bertz CT molecular complexity index is 460. The summed E-state index contributed by atoms with van der Waals surface area (Å²) in [7, 11) is 0. The van der Waals surface area contributed by atoms with Gasteiger partial charge in [0.05, 0.1) is 5.69 Å². The molecule has 0 aliphatic carbocycles. The molecule has 1 aromatic carbocycles. The van der Waals surface area contributed by atoms with E-state index in [1.54, 1.807) is 0 Å². The normalized spacial score (nSPS) is 10.5. The first kappa shape index (κ1) is 9.28. The van der Waals surface area contributed by atoms with Crippen LogP contribution in [0.25, 0.3) is 5.69 Å². The van der Waals surface area contributed by atoms with E-state index in [1.165, 1.54) is 5.56 Å². The van der Waals surface area contributed by atoms with Crippen LogP contribution >= 0.6 is 11.6 Å². The summed E-state index contributed by atoms with van der Waals surface area (Å²) < 4.78 is 1.86. The molecular weight excluding hydrogens is 196 g/mol. The molecule has 3 heteroatoms. The number of hydrogen-bond acceptors (Lipinski definition) is 1. The molecule has 0 saturated heterocycles. The summed E-state index contributed by atoms with van der Waals surface area (Å²) in [6, 6.07) is 9.96. The zero-order chi connectivity index (χ0) is 10.1. The van der Waals surface area contributed by atoms with Crippen molar-refractivity contribution in [1.29, 1.82) is 0 Å². The highest BCUT2D eigenvalue weighted by molar-refractivity contribution is 6.29. The number of rotatable bonds is 1. The Morgan fingerprint density at radius 2 is 1.93 bits per heavy atom. The SMILES string of the molecule is Cc1ccccc1-n1nc(Cl)cc1C. The van der Waals surface area contributed by atoms with Crippen molar-refractivity contribution >= 4 is 11.6 Å². The Kier molecular flexibility index (Phi) is 2.30. The molecule has 0 N–H and O–H groups in total. The second kappa shape index (κ2) is 3.46. The van der Waals surface area contributed by atoms with Crippen molar-refractivity contribution in [2.45, 2.75) is 13.8 Å². The van der Waals surface area contributed by atoms with E-state index in [2.05, 4.69) is 18.1 Å². The predicted molar refractivity (Wildman–Crippen MR) is 58.0 cm³/mol. The van der Waals surface area contributed by atoms with Gasteiger partial charge in [-0.15, -0.1) is 0 Å². The molecule has 14 heavy (non-hydrogen) atoms. The van der Waals surface area contributed by atoms with E-state index >= 15 is 0 Å². The van der Waals surface area contributed by atoms with Crippen LogP contribution in [-0.2, 0) is 0 Å². The molecule has 0 aliphatic rings. The van der Waals surface area contributed by atoms with Gasteiger partial charge in [0.15, 0.2) is 5.15 Å². The fourth-order valence-electron chi connectivity index (χ4n) is 1.48. The number of aromatic nitrogens is 2. The second-order valence-electron chi connectivity index (χ2n) is 3.31. The standard InChI is InChI=1S/C11H11ClN2/c1-8-5-3-4-6-10(8)14-9(2)7-11(12)13-14/h3-7H,1-2H3. The fourth-order valence-corrected chi connectivity index (χ4v) is 1.72. The summed E-state index contributed by atoms with van der Waals surface area (Å²) >= 11 is 5.84. The van der Waals surface area contributed by atoms with E-state index in [0.29, 0.717) is 5.15 Å². The molecule has 0 amide bonds. The Labute approximate surface area is 88.1 Å². The van der Waals surface area contributed by atoms with Gasteiger partial charge in [0.25, 0.3) is 0 Å². The molecule has 2 rings (SSSR count). The molecule has 0 radical (unpaired) electrons. The topological polar surface area (TPSA) is 17.8 Å². The van der Waals surface area contributed by atoms with Crippen molar-refractivity contribution in [3.8, 4) is 5.69 Å². The molecule has 0 bridgehead atoms. The number of benzene rings is 1. The highest BCUT2D eigenvalue weighted by Gasteiger charge is 2.05. The molecule has 0 fully saturated rings. The molecule has 1 aromatic heterocycles. The van der Waals surface area contributed by atoms with Gasteiger partial charge in [-0.3, -0.25) is 0 Å². The van der Waals surface area contributed by atoms with Gasteiger partial charge < -0.3 is 0 Å². The third-order valence-electron chi connectivity index (χ3n) is 2.20. The molecule has 72 valence electrons. The highest BCUT2D eigenvalue weighted by atomic mass is 35.5. The minimum Gasteiger partial charge on any atom is -0.236 e. The van der Waals surface area contributed by atoms with Crippen LogP contribution in [0.3, 0.4) is 0 Å². The second-order valence-corrected chi connectivity index (χ2v) is 3.69. The third-order valence-corrected chi connectivity index (χ3v) is 2.39. The Morgan fingerprint density at radius 3 is 2.50 bits per heavy atom. The number of halogens is 1. The van der Waals surface area contributed by atoms with Crippen molar-refractivity contribution < 1.29 is 0 Å². The average Bonchev–Trinajstić information content (AvgIpc) is 2.46. The van der Waals surface area contributed by atoms with Crippen LogP contribution in [0.2, 0.25) is 5.15 Å². The van der Waals surface area contributed by atoms with Crippen LogP contribution in [0.4, 0.5) is 0 Å². The lowest BCUT2D eigenvalue weighted by molar-refractivity contribution is 0.841. The molecule has 2 aromatic rings. The first-order valence-corrected chi connectivity index (χ1v) is 4.84. The van der Waals surface area contributed by atoms with Crippen LogP contribution in [0.1, 0.15) is 11.3 Å². The molecule has 0 atom stereocenters. The van der Waals surface area contributed by atoms with E-state index in [9.17, 15) is 0 Å². The smallest absolute Gasteiger partial charge is 0.151 e. The van der Waals surface area contributed by atoms with Gasteiger partial charge in [0.1, 0.15) is 0 Å². The van der Waals surface area contributed by atoms with Crippen molar-refractivity contribution in [2.24, 2.45) is 0 Å². The van der Waals surface area contributed by atoms with Crippen molar-refractivity contribution in [1.82, 2.24) is 9.78 Å². The van der Waals surface area contributed by atoms with Crippen molar-refractivity contribution in [3.05, 3.63) is 46.7 Å². The zero-order valence-corrected chi connectivity index (χ0v) is 8.92. The summed E-state index contributed by atoms with van der Waals surface area (Å²) in [5.41, 5.74) is 3.32. The van der Waals surface area contributed by atoms with Crippen LogP contribution < -0.4 is 0 Å². The number of hydrogen-bond donors (Lipinski definition) is 0. The van der Waals surface area contributed by atoms with E-state index < -0.39 is 0 Å². The van der Waals surface area contributed by atoms with E-state index in [0.717, 1.165) is 11.4 Å². The summed E-state index contributed by atoms with van der Waals surface area (Å²) in [4.78, 5) is 0. The lowest BCUT2D eigenvalue weighted by atomic mass is 10.2. The van der Waals surface area contributed by atoms with E-state index in [-0.39, 0.29) is 0 Å². The fraction of sp³-hybridized carbons (Fsp3) is 0.182. The van der Waals surface area contributed by atoms with Crippen molar-refractivity contribution in [2.75, 3.05) is 0 Å². The third kappa shape index (κ3) is 1.53. The van der Waals surface area contributed by atoms with Gasteiger partial charge in [-0.1, -0.05) is 29.8 Å². The van der Waals surface area contributed by atoms with E-state index in [4.69, 9.17) is 11.6 Å². The van der Waals surface area contributed by atoms with Gasteiger partial charge in [0, 0.05) is 5.69 Å². The summed E-state index contributed by atoms with van der Waals surface area (Å²) in [6.45, 7) is 4.05. The molecule has 0 unspecified atom stereocenters. The number of nitrogens with zero attached hydrogens (tertiary/aromatic N) is 2. The largest absolute Gasteiger partial charge is 0.236 e. The summed E-state index contributed by atoms with van der Waals surface area (Å²) in [6.07, 6.45) is 0. The zero-order valence-electron chi connectivity index (χ0n) is 8.16. The van der Waals surface area contributed by atoms with E-state index in [1.807, 2.05) is 35.9 Å². The Morgan fingerprint density at radius 1 is 1.21 bits per heavy atom. The minimum atomic E-state index is 0.533. The Balaban J connectivity index is 2.60. The minimum absolute atomic E-state index is 0.533. The number of para-hydroxylation sites is 1. The molecular formula is C11H11ClN2. The van der Waals surface area contributed by atoms with Crippen LogP contribution in [0.5, 0.6) is 0 Å². The van der Waals surface area contributed by atoms with Crippen LogP contribution in [0, 0.1) is 13.8 Å². The van der Waals surface area contributed by atoms with Crippen molar-refractivity contribution in [3.63, 3.8) is 0 Å². The monoisotopic (exact) mass is 206 g/mol. The lowest BCUT2D eigenvalue weighted by Gasteiger charge is -2.06. The number of aryl methyl sites for hydroxylation is 2. The maximum Gasteiger partial charge on any atom is 0.151 e. The van der Waals surface area contributed by atoms with Gasteiger partial charge in [-0.05, 0) is 31.5 Å². The molecule has 0 saturated carbocycles. The first-order valence-electron chi connectivity index (χ1n) is 4.46. The summed E-state index contributed by atoms with van der Waals surface area (Å²) in [5, 5.41) is 4.76. The van der Waals surface area contributed by atoms with Gasteiger partial charge >= 0.3 is 0 Å². The van der Waals surface area contributed by atoms with Gasteiger partial charge in [-0.2, -0.15) is 5.10 Å². The van der Waals surface area contributed by atoms with Crippen LogP contribution in [-0.4, -0.2) is 9.78 Å². The average molecular weight is 207 g/mol. The molecule has 2 nitrogen and oxygen atoms in total. The maximum atomic E-state index is 5.84. The predicted octanol–water partition coefficient (Wildman–Crippen LogP) is 3.14. The summed E-state index contributed by atoms with van der Waals surface area (Å²) in [5.74, 6) is 0. The molecule has 0 aliphatic heterocycles. The quantitative estimate of drug-likeness (QED) is 0.701. The van der Waals surface area contributed by atoms with Gasteiger partial charge in [-0.25, -0.2) is 4.68 Å². The maximum absolute atomic E-state index is 5.84. The molecule has 0 spiro atoms.